The van der Waals surface area contributed by atoms with Crippen molar-refractivity contribution in [2.75, 3.05) is 7.05 Å². The van der Waals surface area contributed by atoms with Crippen LogP contribution in [0.25, 0.3) is 0 Å². The topological polar surface area (TPSA) is 63.3 Å². The maximum atomic E-state index is 10.1. The third-order valence-corrected chi connectivity index (χ3v) is 2.64. The molecule has 0 unspecified atom stereocenters. The second-order valence-electron chi connectivity index (χ2n) is 4.39. The number of carboxylic acids is 1. The normalized spacial score (nSPS) is 21.8. The standard InChI is InChI=1S/C7H12O2.C5H12.CH5N/c1-5-2-6(3-5)4-7(8)9;1-3-5-4-2;1-2/h5-6H,2-4H2,1H3,(H,8,9);3-5H2,1-2H3;2H2,1H3. The van der Waals surface area contributed by atoms with Gasteiger partial charge in [-0.15, -0.1) is 0 Å². The minimum absolute atomic E-state index is 0.379. The zero-order valence-corrected chi connectivity index (χ0v) is 11.3. The van der Waals surface area contributed by atoms with Crippen LogP contribution < -0.4 is 5.73 Å². The van der Waals surface area contributed by atoms with E-state index in [4.69, 9.17) is 5.11 Å². The van der Waals surface area contributed by atoms with Gasteiger partial charge in [-0.1, -0.05) is 40.0 Å². The lowest BCUT2D eigenvalue weighted by Crippen LogP contribution is -2.23. The van der Waals surface area contributed by atoms with E-state index in [-0.39, 0.29) is 0 Å². The average molecular weight is 231 g/mol. The number of hydrogen-bond acceptors (Lipinski definition) is 2. The molecule has 0 aliphatic heterocycles. The van der Waals surface area contributed by atoms with E-state index < -0.39 is 5.97 Å². The lowest BCUT2D eigenvalue weighted by molar-refractivity contribution is -0.139. The molecule has 3 heteroatoms. The summed E-state index contributed by atoms with van der Waals surface area (Å²) in [6, 6.07) is 0. The summed E-state index contributed by atoms with van der Waals surface area (Å²) in [5, 5.41) is 8.34. The minimum Gasteiger partial charge on any atom is -0.481 e. The molecule has 1 saturated carbocycles. The number of carboxylic acid groups (broad SMARTS) is 1. The van der Waals surface area contributed by atoms with Crippen molar-refractivity contribution in [2.24, 2.45) is 17.6 Å². The quantitative estimate of drug-likeness (QED) is 0.780. The Morgan fingerprint density at radius 1 is 1.25 bits per heavy atom. The Bertz CT molecular complexity index is 152. The number of carbonyl (C=O) groups is 1. The monoisotopic (exact) mass is 231 g/mol. The van der Waals surface area contributed by atoms with Gasteiger partial charge in [0.25, 0.3) is 0 Å². The molecule has 0 saturated heterocycles. The van der Waals surface area contributed by atoms with E-state index in [1.807, 2.05) is 0 Å². The third kappa shape index (κ3) is 11.5. The maximum Gasteiger partial charge on any atom is 0.303 e. The van der Waals surface area contributed by atoms with Gasteiger partial charge in [0, 0.05) is 6.42 Å². The maximum absolute atomic E-state index is 10.1. The van der Waals surface area contributed by atoms with E-state index in [1.165, 1.54) is 26.3 Å². The van der Waals surface area contributed by atoms with Crippen molar-refractivity contribution in [3.8, 4) is 0 Å². The predicted molar refractivity (Wildman–Crippen MR) is 69.5 cm³/mol. The minimum atomic E-state index is -0.646. The van der Waals surface area contributed by atoms with Crippen LogP contribution in [0, 0.1) is 11.8 Å². The Hall–Kier alpha value is -0.570. The molecule has 0 bridgehead atoms. The highest BCUT2D eigenvalue weighted by Gasteiger charge is 2.26. The SMILES string of the molecule is CC1CC(CC(=O)O)C1.CCCCC.CN. The van der Waals surface area contributed by atoms with Gasteiger partial charge in [-0.05, 0) is 31.7 Å². The van der Waals surface area contributed by atoms with Crippen molar-refractivity contribution in [3.05, 3.63) is 0 Å². The lowest BCUT2D eigenvalue weighted by atomic mass is 9.74. The molecule has 0 aromatic rings. The van der Waals surface area contributed by atoms with Gasteiger partial charge in [-0.25, -0.2) is 0 Å². The molecule has 3 N–H and O–H groups in total. The Labute approximate surface area is 100 Å². The fourth-order valence-corrected chi connectivity index (χ4v) is 1.84. The van der Waals surface area contributed by atoms with E-state index in [0.717, 1.165) is 18.8 Å². The van der Waals surface area contributed by atoms with Crippen LogP contribution in [0.1, 0.15) is 59.3 Å². The fourth-order valence-electron chi connectivity index (χ4n) is 1.84. The van der Waals surface area contributed by atoms with Gasteiger partial charge >= 0.3 is 5.97 Å². The zero-order valence-electron chi connectivity index (χ0n) is 11.3. The van der Waals surface area contributed by atoms with Crippen molar-refractivity contribution in [1.82, 2.24) is 0 Å². The number of aliphatic carboxylic acids is 1. The van der Waals surface area contributed by atoms with Crippen molar-refractivity contribution in [3.63, 3.8) is 0 Å². The highest BCUT2D eigenvalue weighted by Crippen LogP contribution is 2.35. The number of rotatable bonds is 4. The van der Waals surface area contributed by atoms with Gasteiger partial charge in [-0.2, -0.15) is 0 Å². The number of unbranched alkanes of at least 4 members (excludes halogenated alkanes) is 2. The van der Waals surface area contributed by atoms with Crippen LogP contribution in [0.4, 0.5) is 0 Å². The van der Waals surface area contributed by atoms with Gasteiger partial charge in [0.15, 0.2) is 0 Å². The van der Waals surface area contributed by atoms with Crippen LogP contribution in [-0.2, 0) is 4.79 Å². The zero-order chi connectivity index (χ0) is 13.0. The van der Waals surface area contributed by atoms with Crippen molar-refractivity contribution in [2.45, 2.75) is 59.3 Å². The molecule has 16 heavy (non-hydrogen) atoms. The molecule has 1 fully saturated rings. The highest BCUT2D eigenvalue weighted by molar-refractivity contribution is 5.67. The molecule has 0 spiro atoms. The molecule has 0 heterocycles. The van der Waals surface area contributed by atoms with E-state index in [2.05, 4.69) is 26.5 Å². The van der Waals surface area contributed by atoms with E-state index in [0.29, 0.717) is 12.3 Å². The second-order valence-corrected chi connectivity index (χ2v) is 4.39. The third-order valence-electron chi connectivity index (χ3n) is 2.64. The molecule has 0 aromatic heterocycles. The molecule has 0 radical (unpaired) electrons. The van der Waals surface area contributed by atoms with Gasteiger partial charge in [0.1, 0.15) is 0 Å². The Morgan fingerprint density at radius 2 is 1.69 bits per heavy atom. The Balaban J connectivity index is 0. The molecule has 0 aromatic carbocycles. The average Bonchev–Trinajstić information content (AvgIpc) is 2.20. The van der Waals surface area contributed by atoms with Gasteiger partial charge in [-0.3, -0.25) is 4.79 Å². The second kappa shape index (κ2) is 12.5. The molecular weight excluding hydrogens is 202 g/mol. The Kier molecular flexibility index (Phi) is 13.9. The van der Waals surface area contributed by atoms with E-state index in [1.54, 1.807) is 0 Å². The van der Waals surface area contributed by atoms with Crippen LogP contribution in [0.2, 0.25) is 0 Å². The first-order valence-electron chi connectivity index (χ1n) is 6.39. The summed E-state index contributed by atoms with van der Waals surface area (Å²) >= 11 is 0. The van der Waals surface area contributed by atoms with Crippen LogP contribution in [0.15, 0.2) is 0 Å². The highest BCUT2D eigenvalue weighted by atomic mass is 16.4. The first-order chi connectivity index (χ1) is 7.60. The summed E-state index contributed by atoms with van der Waals surface area (Å²) in [6.07, 6.45) is 6.69. The Morgan fingerprint density at radius 3 is 1.88 bits per heavy atom. The van der Waals surface area contributed by atoms with Crippen molar-refractivity contribution < 1.29 is 9.90 Å². The van der Waals surface area contributed by atoms with E-state index >= 15 is 0 Å². The molecule has 1 aliphatic carbocycles. The van der Waals surface area contributed by atoms with Crippen LogP contribution in [-0.4, -0.2) is 18.1 Å². The van der Waals surface area contributed by atoms with Crippen molar-refractivity contribution in [1.29, 1.82) is 0 Å². The van der Waals surface area contributed by atoms with Gasteiger partial charge < -0.3 is 10.8 Å². The lowest BCUT2D eigenvalue weighted by Gasteiger charge is -2.31. The molecule has 98 valence electrons. The summed E-state index contributed by atoms with van der Waals surface area (Å²) in [7, 11) is 1.50. The summed E-state index contributed by atoms with van der Waals surface area (Å²) in [5.74, 6) is 0.610. The first kappa shape index (κ1) is 17.8. The molecule has 1 aliphatic rings. The van der Waals surface area contributed by atoms with Gasteiger partial charge in [0.05, 0.1) is 0 Å². The molecular formula is C13H29NO2. The van der Waals surface area contributed by atoms with Gasteiger partial charge in [0.2, 0.25) is 0 Å². The molecule has 0 amide bonds. The number of nitrogens with two attached hydrogens (primary N) is 1. The largest absolute Gasteiger partial charge is 0.481 e. The van der Waals surface area contributed by atoms with Crippen molar-refractivity contribution >= 4 is 5.97 Å². The molecule has 3 nitrogen and oxygen atoms in total. The van der Waals surface area contributed by atoms with Crippen LogP contribution in [0.3, 0.4) is 0 Å². The van der Waals surface area contributed by atoms with Crippen LogP contribution in [0.5, 0.6) is 0 Å². The first-order valence-corrected chi connectivity index (χ1v) is 6.39. The summed E-state index contributed by atoms with van der Waals surface area (Å²) in [5.41, 5.74) is 4.50. The fraction of sp³-hybridized carbons (Fsp3) is 0.923. The smallest absolute Gasteiger partial charge is 0.303 e. The summed E-state index contributed by atoms with van der Waals surface area (Å²) < 4.78 is 0. The molecule has 0 atom stereocenters. The summed E-state index contributed by atoms with van der Waals surface area (Å²) in [4.78, 5) is 10.1. The predicted octanol–water partition coefficient (Wildman–Crippen LogP) is 3.28. The van der Waals surface area contributed by atoms with Crippen LogP contribution >= 0.6 is 0 Å². The number of hydrogen-bond donors (Lipinski definition) is 2. The van der Waals surface area contributed by atoms with E-state index in [9.17, 15) is 4.79 Å². The molecule has 1 rings (SSSR count). The summed E-state index contributed by atoms with van der Waals surface area (Å²) in [6.45, 7) is 6.59.